The molecule has 1 fully saturated rings. The number of allylic oxidation sites excluding steroid dienone is 2. The Morgan fingerprint density at radius 3 is 2.52 bits per heavy atom. The third kappa shape index (κ3) is 7.03. The first-order valence-electron chi connectivity index (χ1n) is 10.8. The minimum atomic E-state index is -0.398. The van der Waals surface area contributed by atoms with Gasteiger partial charge in [0.2, 0.25) is 0 Å². The van der Waals surface area contributed by atoms with Crippen molar-refractivity contribution in [3.8, 4) is 0 Å². The SMILES string of the molecule is C/C=C(/Cc1ccccc1)N=C(C)N1CCN(CCNC(=O)c2cccc(F)c2)CC1. The van der Waals surface area contributed by atoms with Crippen molar-refractivity contribution in [2.24, 2.45) is 4.99 Å². The van der Waals surface area contributed by atoms with Crippen LogP contribution < -0.4 is 5.32 Å². The molecule has 6 heteroatoms. The molecular weight excluding hydrogens is 391 g/mol. The lowest BCUT2D eigenvalue weighted by Crippen LogP contribution is -2.49. The summed E-state index contributed by atoms with van der Waals surface area (Å²) in [6, 6.07) is 16.1. The molecule has 2 aromatic rings. The number of carbonyl (C=O) groups excluding carboxylic acids is 1. The Kier molecular flexibility index (Phi) is 8.35. The number of aliphatic imine (C=N–C) groups is 1. The Morgan fingerprint density at radius 2 is 1.84 bits per heavy atom. The van der Waals surface area contributed by atoms with Crippen LogP contribution in [-0.4, -0.2) is 60.8 Å². The summed E-state index contributed by atoms with van der Waals surface area (Å²) in [5, 5.41) is 2.87. The standard InChI is InChI=1S/C25H31FN4O/c1-3-24(18-21-8-5-4-6-9-21)28-20(2)30-16-14-29(15-17-30)13-12-27-25(31)22-10-7-11-23(26)19-22/h3-11,19H,12-18H2,1-2H3,(H,27,31)/b24-3-,28-20?. The predicted molar refractivity (Wildman–Crippen MR) is 124 cm³/mol. The zero-order valence-electron chi connectivity index (χ0n) is 18.4. The first kappa shape index (κ1) is 22.7. The molecule has 1 saturated heterocycles. The Balaban J connectivity index is 1.42. The maximum Gasteiger partial charge on any atom is 0.251 e. The molecular formula is C25H31FN4O. The van der Waals surface area contributed by atoms with E-state index in [1.54, 1.807) is 12.1 Å². The Labute approximate surface area is 184 Å². The molecule has 0 radical (unpaired) electrons. The van der Waals surface area contributed by atoms with Gasteiger partial charge in [-0.25, -0.2) is 9.38 Å². The van der Waals surface area contributed by atoms with Crippen molar-refractivity contribution in [2.75, 3.05) is 39.3 Å². The van der Waals surface area contributed by atoms with Gasteiger partial charge in [0.25, 0.3) is 5.91 Å². The molecule has 1 aliphatic rings. The zero-order chi connectivity index (χ0) is 22.1. The van der Waals surface area contributed by atoms with Crippen LogP contribution in [0.1, 0.15) is 29.8 Å². The molecule has 0 unspecified atom stereocenters. The van der Waals surface area contributed by atoms with Crippen LogP contribution in [0.5, 0.6) is 0 Å². The van der Waals surface area contributed by atoms with Crippen LogP contribution >= 0.6 is 0 Å². The average molecular weight is 423 g/mol. The molecule has 1 amide bonds. The molecule has 2 aromatic carbocycles. The fourth-order valence-electron chi connectivity index (χ4n) is 3.64. The van der Waals surface area contributed by atoms with E-state index in [9.17, 15) is 9.18 Å². The summed E-state index contributed by atoms with van der Waals surface area (Å²) >= 11 is 0. The highest BCUT2D eigenvalue weighted by Gasteiger charge is 2.18. The van der Waals surface area contributed by atoms with Crippen LogP contribution in [0.2, 0.25) is 0 Å². The van der Waals surface area contributed by atoms with Crippen LogP contribution in [0.15, 0.2) is 71.4 Å². The highest BCUT2D eigenvalue weighted by molar-refractivity contribution is 5.94. The molecule has 0 atom stereocenters. The fraction of sp³-hybridized carbons (Fsp3) is 0.360. The second kappa shape index (κ2) is 11.4. The molecule has 0 saturated carbocycles. The number of hydrogen-bond donors (Lipinski definition) is 1. The van der Waals surface area contributed by atoms with Crippen LogP contribution in [-0.2, 0) is 6.42 Å². The summed E-state index contributed by atoms with van der Waals surface area (Å²) < 4.78 is 13.2. The summed E-state index contributed by atoms with van der Waals surface area (Å²) in [6.45, 7) is 9.10. The third-order valence-corrected chi connectivity index (χ3v) is 5.50. The maximum absolute atomic E-state index is 13.2. The van der Waals surface area contributed by atoms with E-state index in [1.807, 2.05) is 13.0 Å². The largest absolute Gasteiger partial charge is 0.358 e. The number of hydrogen-bond acceptors (Lipinski definition) is 3. The zero-order valence-corrected chi connectivity index (χ0v) is 18.4. The quantitative estimate of drug-likeness (QED) is 0.546. The normalized spacial score (nSPS) is 15.8. The number of amidine groups is 1. The highest BCUT2D eigenvalue weighted by atomic mass is 19.1. The number of nitrogens with zero attached hydrogens (tertiary/aromatic N) is 3. The second-order valence-electron chi connectivity index (χ2n) is 7.70. The van der Waals surface area contributed by atoms with Gasteiger partial charge in [-0.3, -0.25) is 9.69 Å². The van der Waals surface area contributed by atoms with E-state index in [0.29, 0.717) is 12.1 Å². The van der Waals surface area contributed by atoms with Crippen LogP contribution in [0.25, 0.3) is 0 Å². The summed E-state index contributed by atoms with van der Waals surface area (Å²) in [4.78, 5) is 21.6. The van der Waals surface area contributed by atoms with Gasteiger partial charge in [0.05, 0.1) is 0 Å². The maximum atomic E-state index is 13.2. The first-order chi connectivity index (χ1) is 15.0. The number of carbonyl (C=O) groups is 1. The predicted octanol–water partition coefficient (Wildman–Crippen LogP) is 3.74. The monoisotopic (exact) mass is 422 g/mol. The molecule has 31 heavy (non-hydrogen) atoms. The van der Waals surface area contributed by atoms with Gasteiger partial charge in [-0.15, -0.1) is 0 Å². The van der Waals surface area contributed by atoms with Crippen molar-refractivity contribution in [3.05, 3.63) is 83.3 Å². The van der Waals surface area contributed by atoms with E-state index < -0.39 is 5.82 Å². The summed E-state index contributed by atoms with van der Waals surface area (Å²) in [6.07, 6.45) is 2.91. The second-order valence-corrected chi connectivity index (χ2v) is 7.70. The summed E-state index contributed by atoms with van der Waals surface area (Å²) in [7, 11) is 0. The summed E-state index contributed by atoms with van der Waals surface area (Å²) in [5.41, 5.74) is 2.69. The van der Waals surface area contributed by atoms with Crippen LogP contribution in [0.3, 0.4) is 0 Å². The lowest BCUT2D eigenvalue weighted by Gasteiger charge is -2.35. The smallest absolute Gasteiger partial charge is 0.251 e. The highest BCUT2D eigenvalue weighted by Crippen LogP contribution is 2.11. The van der Waals surface area contributed by atoms with E-state index in [4.69, 9.17) is 4.99 Å². The van der Waals surface area contributed by atoms with Crippen molar-refractivity contribution in [2.45, 2.75) is 20.3 Å². The minimum absolute atomic E-state index is 0.238. The molecule has 0 bridgehead atoms. The van der Waals surface area contributed by atoms with Gasteiger partial charge in [0, 0.05) is 56.9 Å². The molecule has 0 aliphatic carbocycles. The van der Waals surface area contributed by atoms with Gasteiger partial charge < -0.3 is 10.2 Å². The number of rotatable bonds is 7. The molecule has 1 aliphatic heterocycles. The number of piperazine rings is 1. The van der Waals surface area contributed by atoms with Crippen molar-refractivity contribution in [1.82, 2.24) is 15.1 Å². The number of amides is 1. The Bertz CT molecular complexity index is 918. The van der Waals surface area contributed by atoms with E-state index in [2.05, 4.69) is 52.4 Å². The van der Waals surface area contributed by atoms with Crippen molar-refractivity contribution < 1.29 is 9.18 Å². The van der Waals surface area contributed by atoms with Crippen molar-refractivity contribution >= 4 is 11.7 Å². The summed E-state index contributed by atoms with van der Waals surface area (Å²) in [5.74, 6) is 0.409. The molecule has 0 aromatic heterocycles. The fourth-order valence-corrected chi connectivity index (χ4v) is 3.64. The lowest BCUT2D eigenvalue weighted by molar-refractivity contribution is 0.0944. The van der Waals surface area contributed by atoms with Crippen molar-refractivity contribution in [1.29, 1.82) is 0 Å². The van der Waals surface area contributed by atoms with Crippen molar-refractivity contribution in [3.63, 3.8) is 0 Å². The van der Waals surface area contributed by atoms with Gasteiger partial charge in [0.15, 0.2) is 0 Å². The van der Waals surface area contributed by atoms with Gasteiger partial charge in [-0.1, -0.05) is 42.5 Å². The Hall–Kier alpha value is -2.99. The van der Waals surface area contributed by atoms with E-state index in [-0.39, 0.29) is 5.91 Å². The van der Waals surface area contributed by atoms with E-state index >= 15 is 0 Å². The third-order valence-electron chi connectivity index (χ3n) is 5.50. The van der Waals surface area contributed by atoms with Gasteiger partial charge in [0.1, 0.15) is 11.7 Å². The topological polar surface area (TPSA) is 47.9 Å². The average Bonchev–Trinajstić information content (AvgIpc) is 2.79. The number of nitrogens with one attached hydrogen (secondary N) is 1. The first-order valence-corrected chi connectivity index (χ1v) is 10.8. The molecule has 3 rings (SSSR count). The molecule has 164 valence electrons. The van der Waals surface area contributed by atoms with E-state index in [1.165, 1.54) is 17.7 Å². The van der Waals surface area contributed by atoms with Gasteiger partial charge in [-0.05, 0) is 37.6 Å². The number of benzene rings is 2. The lowest BCUT2D eigenvalue weighted by atomic mass is 10.1. The molecule has 1 heterocycles. The Morgan fingerprint density at radius 1 is 1.10 bits per heavy atom. The molecule has 0 spiro atoms. The van der Waals surface area contributed by atoms with Gasteiger partial charge in [-0.2, -0.15) is 0 Å². The van der Waals surface area contributed by atoms with E-state index in [0.717, 1.165) is 50.7 Å². The van der Waals surface area contributed by atoms with Crippen LogP contribution in [0.4, 0.5) is 4.39 Å². The van der Waals surface area contributed by atoms with Gasteiger partial charge >= 0.3 is 0 Å². The molecule has 1 N–H and O–H groups in total. The number of halogens is 1. The minimum Gasteiger partial charge on any atom is -0.358 e. The molecule has 5 nitrogen and oxygen atoms in total. The van der Waals surface area contributed by atoms with Crippen LogP contribution in [0, 0.1) is 5.82 Å².